The number of furan rings is 1. The van der Waals surface area contributed by atoms with Gasteiger partial charge in [0, 0.05) is 43.9 Å². The minimum Gasteiger partial charge on any atom is -0.456 e. The number of hydrogen-bond acceptors (Lipinski definition) is 4. The second-order valence-electron chi connectivity index (χ2n) is 12.9. The van der Waals surface area contributed by atoms with Crippen molar-refractivity contribution in [1.82, 2.24) is 19.5 Å². The molecule has 0 atom stereocenters. The fourth-order valence-electron chi connectivity index (χ4n) is 7.35. The van der Waals surface area contributed by atoms with E-state index in [0.717, 1.165) is 49.8 Å². The maximum Gasteiger partial charge on any atom is 0.164 e. The quantitative estimate of drug-likeness (QED) is 0.185. The lowest BCUT2D eigenvalue weighted by molar-refractivity contribution is 0.669. The van der Waals surface area contributed by atoms with Gasteiger partial charge in [0.15, 0.2) is 17.5 Å². The molecule has 0 bridgehead atoms. The normalized spacial score (nSPS) is 11.6. The number of rotatable bonds is 5. The largest absolute Gasteiger partial charge is 0.456 e. The van der Waals surface area contributed by atoms with Crippen LogP contribution in [-0.2, 0) is 0 Å². The van der Waals surface area contributed by atoms with Crippen LogP contribution < -0.4 is 0 Å². The van der Waals surface area contributed by atoms with Crippen LogP contribution in [0.2, 0.25) is 0 Å². The van der Waals surface area contributed by atoms with Gasteiger partial charge in [-0.25, -0.2) is 15.0 Å². The molecule has 10 aromatic rings. The number of aryl methyl sites for hydroxylation is 1. The Balaban J connectivity index is 1.16. The van der Waals surface area contributed by atoms with Gasteiger partial charge in [-0.2, -0.15) is 0 Å². The number of hydrogen-bond donors (Lipinski definition) is 0. The van der Waals surface area contributed by atoms with Gasteiger partial charge in [-0.15, -0.1) is 0 Å². The molecule has 0 spiro atoms. The maximum atomic E-state index is 6.45. The number of benzene rings is 7. The van der Waals surface area contributed by atoms with Crippen molar-refractivity contribution in [2.24, 2.45) is 0 Å². The predicted octanol–water partition coefficient (Wildman–Crippen LogP) is 11.8. The smallest absolute Gasteiger partial charge is 0.164 e. The summed E-state index contributed by atoms with van der Waals surface area (Å²) in [7, 11) is 0. The highest BCUT2D eigenvalue weighted by Crippen LogP contribution is 2.40. The summed E-state index contributed by atoms with van der Waals surface area (Å²) in [5.41, 5.74) is 11.4. The molecule has 0 aliphatic carbocycles. The molecular formula is C46H30N4O. The molecule has 0 fully saturated rings. The van der Waals surface area contributed by atoms with Crippen LogP contribution in [0.15, 0.2) is 168 Å². The summed E-state index contributed by atoms with van der Waals surface area (Å²) in [6, 6.07) is 56.7. The third kappa shape index (κ3) is 4.82. The third-order valence-corrected chi connectivity index (χ3v) is 9.80. The topological polar surface area (TPSA) is 56.7 Å². The molecule has 0 N–H and O–H groups in total. The van der Waals surface area contributed by atoms with Crippen LogP contribution >= 0.6 is 0 Å². The van der Waals surface area contributed by atoms with E-state index < -0.39 is 0 Å². The van der Waals surface area contributed by atoms with E-state index in [1.54, 1.807) is 0 Å². The Morgan fingerprint density at radius 2 is 1.04 bits per heavy atom. The summed E-state index contributed by atoms with van der Waals surface area (Å²) in [6.45, 7) is 2.17. The van der Waals surface area contributed by atoms with Crippen LogP contribution in [0.4, 0.5) is 0 Å². The molecule has 5 heteroatoms. The standard InChI is InChI=1S/C46H30N4O/c1-29-13-8-10-20-38(29)50-39-21-11-9-18-34(39)36-27-32(23-25-40(36)50)33-24-26-41-37(28-33)43-35(19-12-22-42(43)51-41)46-48-44(30-14-4-2-5-15-30)47-45(49-46)31-16-6-3-7-17-31/h2-28H,1H3. The Morgan fingerprint density at radius 1 is 0.431 bits per heavy atom. The molecule has 0 saturated heterocycles. The molecule has 0 radical (unpaired) electrons. The zero-order valence-electron chi connectivity index (χ0n) is 27.8. The Labute approximate surface area is 294 Å². The molecule has 0 unspecified atom stereocenters. The molecule has 51 heavy (non-hydrogen) atoms. The fraction of sp³-hybridized carbons (Fsp3) is 0.0217. The molecule has 10 rings (SSSR count). The molecule has 240 valence electrons. The molecule has 3 aromatic heterocycles. The number of nitrogens with zero attached hydrogens (tertiary/aromatic N) is 4. The average Bonchev–Trinajstić information content (AvgIpc) is 3.74. The van der Waals surface area contributed by atoms with Crippen LogP contribution in [0.3, 0.4) is 0 Å². The zero-order chi connectivity index (χ0) is 33.9. The highest BCUT2D eigenvalue weighted by Gasteiger charge is 2.19. The van der Waals surface area contributed by atoms with Crippen LogP contribution in [0.25, 0.3) is 94.7 Å². The minimum atomic E-state index is 0.604. The SMILES string of the molecule is Cc1ccccc1-n1c2ccccc2c2cc(-c3ccc4oc5cccc(-c6nc(-c7ccccc7)nc(-c7ccccc7)n6)c5c4c3)ccc21. The van der Waals surface area contributed by atoms with Gasteiger partial charge in [0.1, 0.15) is 11.2 Å². The van der Waals surface area contributed by atoms with E-state index in [1.807, 2.05) is 72.8 Å². The van der Waals surface area contributed by atoms with Crippen molar-refractivity contribution in [2.75, 3.05) is 0 Å². The van der Waals surface area contributed by atoms with E-state index in [4.69, 9.17) is 19.4 Å². The van der Waals surface area contributed by atoms with Gasteiger partial charge < -0.3 is 8.98 Å². The van der Waals surface area contributed by atoms with Gasteiger partial charge in [-0.1, -0.05) is 121 Å². The van der Waals surface area contributed by atoms with E-state index in [0.29, 0.717) is 17.5 Å². The van der Waals surface area contributed by atoms with Gasteiger partial charge >= 0.3 is 0 Å². The van der Waals surface area contributed by atoms with E-state index in [-0.39, 0.29) is 0 Å². The van der Waals surface area contributed by atoms with Crippen LogP contribution in [-0.4, -0.2) is 19.5 Å². The van der Waals surface area contributed by atoms with E-state index in [2.05, 4.69) is 102 Å². The molecule has 0 saturated carbocycles. The molecule has 7 aromatic carbocycles. The van der Waals surface area contributed by atoms with Crippen molar-refractivity contribution in [3.05, 3.63) is 169 Å². The first kappa shape index (κ1) is 29.1. The molecule has 5 nitrogen and oxygen atoms in total. The van der Waals surface area contributed by atoms with Gasteiger partial charge in [-0.3, -0.25) is 0 Å². The molecule has 0 amide bonds. The maximum absolute atomic E-state index is 6.45. The highest BCUT2D eigenvalue weighted by atomic mass is 16.3. The fourth-order valence-corrected chi connectivity index (χ4v) is 7.35. The molecule has 0 aliphatic rings. The minimum absolute atomic E-state index is 0.604. The highest BCUT2D eigenvalue weighted by molar-refractivity contribution is 6.14. The third-order valence-electron chi connectivity index (χ3n) is 9.80. The first-order chi connectivity index (χ1) is 25.2. The average molecular weight is 655 g/mol. The molecule has 3 heterocycles. The van der Waals surface area contributed by atoms with Gasteiger partial charge in [0.25, 0.3) is 0 Å². The monoisotopic (exact) mass is 654 g/mol. The van der Waals surface area contributed by atoms with E-state index >= 15 is 0 Å². The summed E-state index contributed by atoms with van der Waals surface area (Å²) < 4.78 is 8.83. The van der Waals surface area contributed by atoms with Crippen molar-refractivity contribution in [3.8, 4) is 51.0 Å². The number of aromatic nitrogens is 4. The summed E-state index contributed by atoms with van der Waals surface area (Å²) in [5, 5.41) is 4.45. The second kappa shape index (κ2) is 11.6. The number of para-hydroxylation sites is 2. The van der Waals surface area contributed by atoms with Crippen LogP contribution in [0, 0.1) is 6.92 Å². The predicted molar refractivity (Wildman–Crippen MR) is 208 cm³/mol. The summed E-state index contributed by atoms with van der Waals surface area (Å²) >= 11 is 0. The van der Waals surface area contributed by atoms with Crippen molar-refractivity contribution in [1.29, 1.82) is 0 Å². The van der Waals surface area contributed by atoms with Gasteiger partial charge in [0.2, 0.25) is 0 Å². The van der Waals surface area contributed by atoms with Crippen LogP contribution in [0.5, 0.6) is 0 Å². The Hall–Kier alpha value is -6.85. The first-order valence-electron chi connectivity index (χ1n) is 17.1. The van der Waals surface area contributed by atoms with Gasteiger partial charge in [0.05, 0.1) is 11.0 Å². The lowest BCUT2D eigenvalue weighted by Gasteiger charge is -2.11. The van der Waals surface area contributed by atoms with Crippen molar-refractivity contribution >= 4 is 43.7 Å². The Kier molecular flexibility index (Phi) is 6.64. The van der Waals surface area contributed by atoms with Gasteiger partial charge in [-0.05, 0) is 66.1 Å². The number of fused-ring (bicyclic) bond motifs is 6. The Morgan fingerprint density at radius 3 is 1.78 bits per heavy atom. The first-order valence-corrected chi connectivity index (χ1v) is 17.1. The van der Waals surface area contributed by atoms with Crippen molar-refractivity contribution in [3.63, 3.8) is 0 Å². The molecular weight excluding hydrogens is 625 g/mol. The van der Waals surface area contributed by atoms with E-state index in [9.17, 15) is 0 Å². The van der Waals surface area contributed by atoms with Crippen molar-refractivity contribution in [2.45, 2.75) is 6.92 Å². The van der Waals surface area contributed by atoms with Crippen LogP contribution in [0.1, 0.15) is 5.56 Å². The second-order valence-corrected chi connectivity index (χ2v) is 12.9. The lowest BCUT2D eigenvalue weighted by atomic mass is 9.99. The summed E-state index contributed by atoms with van der Waals surface area (Å²) in [4.78, 5) is 15.0. The zero-order valence-corrected chi connectivity index (χ0v) is 27.8. The van der Waals surface area contributed by atoms with E-state index in [1.165, 1.54) is 33.1 Å². The Bertz CT molecular complexity index is 2870. The lowest BCUT2D eigenvalue weighted by Crippen LogP contribution is -2.00. The summed E-state index contributed by atoms with van der Waals surface area (Å²) in [6.07, 6.45) is 0. The molecule has 0 aliphatic heterocycles. The van der Waals surface area contributed by atoms with Crippen molar-refractivity contribution < 1.29 is 4.42 Å². The summed E-state index contributed by atoms with van der Waals surface area (Å²) in [5.74, 6) is 1.86.